The van der Waals surface area contributed by atoms with E-state index in [0.717, 1.165) is 27.8 Å². The van der Waals surface area contributed by atoms with Crippen LogP contribution in [-0.4, -0.2) is 16.1 Å². The van der Waals surface area contributed by atoms with Gasteiger partial charge >= 0.3 is 0 Å². The molecule has 1 amide bonds. The lowest BCUT2D eigenvalue weighted by Crippen LogP contribution is -2.47. The van der Waals surface area contributed by atoms with Gasteiger partial charge in [-0.25, -0.2) is 0 Å². The maximum absolute atomic E-state index is 12.7. The number of anilines is 1. The summed E-state index contributed by atoms with van der Waals surface area (Å²) in [7, 11) is 0. The molecule has 4 aliphatic carbocycles. The molecule has 0 unspecified atom stereocenters. The number of carbonyl (C=O) groups excluding carboxylic acids is 1. The third kappa shape index (κ3) is 3.99. The molecule has 1 aromatic heterocycles. The third-order valence-electron chi connectivity index (χ3n) is 6.84. The molecule has 0 atom stereocenters. The molecule has 148 valence electrons. The Labute approximate surface area is 174 Å². The van der Waals surface area contributed by atoms with Gasteiger partial charge in [0.15, 0.2) is 4.34 Å². The first-order chi connectivity index (χ1) is 13.6. The minimum absolute atomic E-state index is 0.133. The number of thioether (sulfide) groups is 1. The van der Waals surface area contributed by atoms with Crippen molar-refractivity contribution in [3.8, 4) is 0 Å². The van der Waals surface area contributed by atoms with Crippen LogP contribution in [-0.2, 0) is 10.5 Å². The average Bonchev–Trinajstić information content (AvgIpc) is 3.06. The van der Waals surface area contributed by atoms with E-state index in [2.05, 4.69) is 46.7 Å². The highest BCUT2D eigenvalue weighted by molar-refractivity contribution is 8.00. The second-order valence-corrected chi connectivity index (χ2v) is 11.5. The highest BCUT2D eigenvalue weighted by atomic mass is 32.2. The Balaban J connectivity index is 1.16. The van der Waals surface area contributed by atoms with Gasteiger partial charge in [0.05, 0.1) is 0 Å². The van der Waals surface area contributed by atoms with Crippen molar-refractivity contribution in [2.24, 2.45) is 23.2 Å². The number of nitrogens with one attached hydrogen (secondary N) is 1. The standard InChI is InChI=1S/C22H27N3OS2/c1-14-2-4-15(5-3-14)13-27-21-25-24-20(28-21)23-19(26)12-22-9-16-6-17(10-22)8-18(7-16)11-22/h2-5,16-18H,6-13H2,1H3,(H,23,24,26). The maximum atomic E-state index is 12.7. The second-order valence-electron chi connectivity index (χ2n) is 9.29. The molecule has 4 nitrogen and oxygen atoms in total. The fourth-order valence-corrected chi connectivity index (χ4v) is 7.88. The van der Waals surface area contributed by atoms with Crippen LogP contribution >= 0.6 is 23.1 Å². The third-order valence-corrected chi connectivity index (χ3v) is 8.88. The van der Waals surface area contributed by atoms with Gasteiger partial charge in [0.25, 0.3) is 0 Å². The lowest BCUT2D eigenvalue weighted by atomic mass is 9.49. The number of aryl methyl sites for hydroxylation is 1. The lowest BCUT2D eigenvalue weighted by molar-refractivity contribution is -0.124. The van der Waals surface area contributed by atoms with Crippen LogP contribution in [0.5, 0.6) is 0 Å². The number of nitrogens with zero attached hydrogens (tertiary/aromatic N) is 2. The van der Waals surface area contributed by atoms with Crippen LogP contribution in [0.2, 0.25) is 0 Å². The van der Waals surface area contributed by atoms with Crippen molar-refractivity contribution in [2.75, 3.05) is 5.32 Å². The van der Waals surface area contributed by atoms with Gasteiger partial charge in [-0.2, -0.15) is 0 Å². The fraction of sp³-hybridized carbons (Fsp3) is 0.591. The van der Waals surface area contributed by atoms with E-state index < -0.39 is 0 Å². The molecule has 4 fully saturated rings. The van der Waals surface area contributed by atoms with Gasteiger partial charge in [-0.05, 0) is 74.2 Å². The molecule has 1 aromatic carbocycles. The van der Waals surface area contributed by atoms with E-state index in [-0.39, 0.29) is 11.3 Å². The number of benzene rings is 1. The van der Waals surface area contributed by atoms with Crippen LogP contribution < -0.4 is 5.32 Å². The summed E-state index contributed by atoms with van der Waals surface area (Å²) in [5.41, 5.74) is 2.82. The Kier molecular flexibility index (Phi) is 4.95. The zero-order valence-corrected chi connectivity index (χ0v) is 18.0. The molecule has 0 radical (unpaired) electrons. The predicted octanol–water partition coefficient (Wildman–Crippen LogP) is 5.68. The van der Waals surface area contributed by atoms with Gasteiger partial charge in [-0.15, -0.1) is 10.2 Å². The molecule has 0 saturated heterocycles. The van der Waals surface area contributed by atoms with Crippen molar-refractivity contribution in [2.45, 2.75) is 62.0 Å². The molecule has 6 rings (SSSR count). The van der Waals surface area contributed by atoms with Crippen LogP contribution in [0, 0.1) is 30.1 Å². The zero-order valence-electron chi connectivity index (χ0n) is 16.3. The Morgan fingerprint density at radius 1 is 1.11 bits per heavy atom. The predicted molar refractivity (Wildman–Crippen MR) is 115 cm³/mol. The molecule has 0 aliphatic heterocycles. The van der Waals surface area contributed by atoms with Gasteiger partial charge in [-0.3, -0.25) is 4.79 Å². The van der Waals surface area contributed by atoms with Crippen molar-refractivity contribution in [3.63, 3.8) is 0 Å². The normalized spacial score (nSPS) is 30.5. The lowest BCUT2D eigenvalue weighted by Gasteiger charge is -2.56. The Morgan fingerprint density at radius 2 is 1.75 bits per heavy atom. The topological polar surface area (TPSA) is 54.9 Å². The summed E-state index contributed by atoms with van der Waals surface area (Å²) in [6.45, 7) is 2.10. The maximum Gasteiger partial charge on any atom is 0.226 e. The van der Waals surface area contributed by atoms with Crippen LogP contribution in [0.3, 0.4) is 0 Å². The van der Waals surface area contributed by atoms with Crippen molar-refractivity contribution in [1.82, 2.24) is 10.2 Å². The van der Waals surface area contributed by atoms with E-state index in [4.69, 9.17) is 0 Å². The van der Waals surface area contributed by atoms with Gasteiger partial charge in [0.1, 0.15) is 0 Å². The van der Waals surface area contributed by atoms with Gasteiger partial charge in [0.2, 0.25) is 11.0 Å². The van der Waals surface area contributed by atoms with E-state index in [1.54, 1.807) is 11.8 Å². The Hall–Kier alpha value is -1.40. The first-order valence-corrected chi connectivity index (χ1v) is 12.2. The van der Waals surface area contributed by atoms with Crippen molar-refractivity contribution < 1.29 is 4.79 Å². The summed E-state index contributed by atoms with van der Waals surface area (Å²) >= 11 is 3.16. The van der Waals surface area contributed by atoms with E-state index in [0.29, 0.717) is 11.6 Å². The summed E-state index contributed by atoms with van der Waals surface area (Å²) in [6.07, 6.45) is 8.71. The molecular weight excluding hydrogens is 386 g/mol. The molecule has 4 aliphatic rings. The second kappa shape index (κ2) is 7.45. The monoisotopic (exact) mass is 413 g/mol. The quantitative estimate of drug-likeness (QED) is 0.489. The van der Waals surface area contributed by atoms with E-state index in [1.165, 1.54) is 61.0 Å². The Morgan fingerprint density at radius 3 is 2.39 bits per heavy atom. The van der Waals surface area contributed by atoms with Crippen LogP contribution in [0.1, 0.15) is 56.1 Å². The summed E-state index contributed by atoms with van der Waals surface area (Å²) in [5, 5.41) is 12.1. The molecule has 2 aromatic rings. The Bertz CT molecular complexity index is 826. The number of amides is 1. The van der Waals surface area contributed by atoms with Crippen molar-refractivity contribution in [1.29, 1.82) is 0 Å². The van der Waals surface area contributed by atoms with Crippen molar-refractivity contribution in [3.05, 3.63) is 35.4 Å². The smallest absolute Gasteiger partial charge is 0.226 e. The van der Waals surface area contributed by atoms with Gasteiger partial charge in [-0.1, -0.05) is 52.9 Å². The largest absolute Gasteiger partial charge is 0.300 e. The van der Waals surface area contributed by atoms with Crippen LogP contribution in [0.4, 0.5) is 5.13 Å². The van der Waals surface area contributed by atoms with E-state index in [9.17, 15) is 4.79 Å². The average molecular weight is 414 g/mol. The number of rotatable bonds is 6. The molecular formula is C22H27N3OS2. The number of hydrogen-bond acceptors (Lipinski definition) is 5. The van der Waals surface area contributed by atoms with Crippen molar-refractivity contribution >= 4 is 34.1 Å². The van der Waals surface area contributed by atoms with E-state index in [1.807, 2.05) is 0 Å². The molecule has 4 saturated carbocycles. The summed E-state index contributed by atoms with van der Waals surface area (Å²) < 4.78 is 0.908. The van der Waals surface area contributed by atoms with Gasteiger partial charge in [0, 0.05) is 12.2 Å². The van der Waals surface area contributed by atoms with Crippen LogP contribution in [0.25, 0.3) is 0 Å². The summed E-state index contributed by atoms with van der Waals surface area (Å²) in [5.74, 6) is 3.64. The number of carbonyl (C=O) groups is 1. The SMILES string of the molecule is Cc1ccc(CSc2nnc(NC(=O)CC34CC5CC(CC(C5)C3)C4)s2)cc1. The minimum atomic E-state index is 0.133. The molecule has 4 bridgehead atoms. The first kappa shape index (κ1) is 18.6. The minimum Gasteiger partial charge on any atom is -0.300 e. The molecule has 1 N–H and O–H groups in total. The summed E-state index contributed by atoms with van der Waals surface area (Å²) in [6, 6.07) is 8.56. The highest BCUT2D eigenvalue weighted by Gasteiger charge is 2.51. The van der Waals surface area contributed by atoms with Crippen LogP contribution in [0.15, 0.2) is 28.6 Å². The molecule has 0 spiro atoms. The summed E-state index contributed by atoms with van der Waals surface area (Å²) in [4.78, 5) is 12.7. The number of aromatic nitrogens is 2. The van der Waals surface area contributed by atoms with E-state index >= 15 is 0 Å². The fourth-order valence-electron chi connectivity index (χ4n) is 6.16. The first-order valence-electron chi connectivity index (χ1n) is 10.4. The highest BCUT2D eigenvalue weighted by Crippen LogP contribution is 2.61. The molecule has 1 heterocycles. The molecule has 6 heteroatoms. The van der Waals surface area contributed by atoms with Gasteiger partial charge < -0.3 is 5.32 Å². The number of hydrogen-bond donors (Lipinski definition) is 1. The molecule has 28 heavy (non-hydrogen) atoms. The zero-order chi connectivity index (χ0) is 19.1.